The van der Waals surface area contributed by atoms with Crippen molar-refractivity contribution in [1.29, 1.82) is 5.26 Å². The highest BCUT2D eigenvalue weighted by molar-refractivity contribution is 6.09. The maximum atomic E-state index is 13.5. The Hall–Kier alpha value is -4.24. The summed E-state index contributed by atoms with van der Waals surface area (Å²) in [6.45, 7) is 1.99. The molecule has 0 atom stereocenters. The van der Waals surface area contributed by atoms with Crippen LogP contribution in [-0.2, 0) is 16.0 Å². The number of nitrogens with one attached hydrogen (secondary N) is 1. The molecule has 0 bridgehead atoms. The Bertz CT molecular complexity index is 1190. The van der Waals surface area contributed by atoms with Crippen LogP contribution in [-0.4, -0.2) is 18.5 Å². The van der Waals surface area contributed by atoms with E-state index in [1.54, 1.807) is 31.2 Å². The SMILES string of the molecule is CCOC(=O)c1ccc(NC(=O)/C(C#N)=C/c2ccccc2Cc2cccc(F)c2)cc1. The van der Waals surface area contributed by atoms with E-state index in [4.69, 9.17) is 4.74 Å². The minimum absolute atomic E-state index is 0.0776. The topological polar surface area (TPSA) is 79.2 Å². The number of amides is 1. The van der Waals surface area contributed by atoms with E-state index in [9.17, 15) is 19.2 Å². The maximum absolute atomic E-state index is 13.5. The van der Waals surface area contributed by atoms with Gasteiger partial charge in [-0.15, -0.1) is 0 Å². The van der Waals surface area contributed by atoms with Crippen molar-refractivity contribution in [3.8, 4) is 6.07 Å². The fourth-order valence-electron chi connectivity index (χ4n) is 3.11. The molecule has 1 N–H and O–H groups in total. The van der Waals surface area contributed by atoms with Gasteiger partial charge in [0.05, 0.1) is 12.2 Å². The standard InChI is InChI=1S/C26H21FN2O3/c1-2-32-26(31)19-10-12-24(13-11-19)29-25(30)22(17-28)16-21-8-4-3-7-20(21)14-18-6-5-9-23(27)15-18/h3-13,15-16H,2,14H2,1H3,(H,29,30)/b22-16+. The highest BCUT2D eigenvalue weighted by Gasteiger charge is 2.12. The molecule has 6 heteroatoms. The lowest BCUT2D eigenvalue weighted by molar-refractivity contribution is -0.112. The van der Waals surface area contributed by atoms with Gasteiger partial charge in [-0.2, -0.15) is 5.26 Å². The Morgan fingerprint density at radius 2 is 1.81 bits per heavy atom. The predicted octanol–water partition coefficient (Wildman–Crippen LogP) is 5.14. The normalized spacial score (nSPS) is 10.8. The van der Waals surface area contributed by atoms with Crippen LogP contribution in [0.25, 0.3) is 6.08 Å². The summed E-state index contributed by atoms with van der Waals surface area (Å²) in [7, 11) is 0. The van der Waals surface area contributed by atoms with Crippen molar-refractivity contribution in [2.75, 3.05) is 11.9 Å². The predicted molar refractivity (Wildman–Crippen MR) is 120 cm³/mol. The highest BCUT2D eigenvalue weighted by Crippen LogP contribution is 2.19. The van der Waals surface area contributed by atoms with Gasteiger partial charge in [0.25, 0.3) is 5.91 Å². The lowest BCUT2D eigenvalue weighted by Crippen LogP contribution is -2.14. The van der Waals surface area contributed by atoms with Gasteiger partial charge in [0.1, 0.15) is 17.5 Å². The van der Waals surface area contributed by atoms with Gasteiger partial charge >= 0.3 is 5.97 Å². The fourth-order valence-corrected chi connectivity index (χ4v) is 3.11. The maximum Gasteiger partial charge on any atom is 0.338 e. The summed E-state index contributed by atoms with van der Waals surface area (Å²) >= 11 is 0. The van der Waals surface area contributed by atoms with Crippen LogP contribution in [0, 0.1) is 17.1 Å². The quantitative estimate of drug-likeness (QED) is 0.321. The van der Waals surface area contributed by atoms with E-state index in [1.807, 2.05) is 30.3 Å². The molecule has 0 saturated carbocycles. The first-order chi connectivity index (χ1) is 15.5. The second kappa shape index (κ2) is 10.7. The Balaban J connectivity index is 1.78. The van der Waals surface area contributed by atoms with Crippen LogP contribution >= 0.6 is 0 Å². The third kappa shape index (κ3) is 5.89. The van der Waals surface area contributed by atoms with Crippen molar-refractivity contribution < 1.29 is 18.7 Å². The highest BCUT2D eigenvalue weighted by atomic mass is 19.1. The van der Waals surface area contributed by atoms with Gasteiger partial charge in [-0.25, -0.2) is 9.18 Å². The third-order valence-electron chi connectivity index (χ3n) is 4.66. The number of hydrogen-bond acceptors (Lipinski definition) is 4. The lowest BCUT2D eigenvalue weighted by Gasteiger charge is -2.08. The second-order valence-electron chi connectivity index (χ2n) is 6.93. The van der Waals surface area contributed by atoms with Gasteiger partial charge < -0.3 is 10.1 Å². The summed E-state index contributed by atoms with van der Waals surface area (Å²) in [4.78, 5) is 24.4. The molecule has 160 valence electrons. The first-order valence-corrected chi connectivity index (χ1v) is 10.0. The smallest absolute Gasteiger partial charge is 0.338 e. The molecule has 0 aliphatic heterocycles. The molecule has 3 rings (SSSR count). The van der Waals surface area contributed by atoms with E-state index in [-0.39, 0.29) is 18.0 Å². The lowest BCUT2D eigenvalue weighted by atomic mass is 9.98. The Morgan fingerprint density at radius 3 is 2.50 bits per heavy atom. The van der Waals surface area contributed by atoms with E-state index in [0.717, 1.165) is 11.1 Å². The number of halogens is 1. The molecule has 3 aromatic rings. The van der Waals surface area contributed by atoms with Crippen LogP contribution in [0.4, 0.5) is 10.1 Å². The Morgan fingerprint density at radius 1 is 1.06 bits per heavy atom. The van der Waals surface area contributed by atoms with Crippen LogP contribution < -0.4 is 5.32 Å². The van der Waals surface area contributed by atoms with E-state index >= 15 is 0 Å². The van der Waals surface area contributed by atoms with E-state index in [2.05, 4.69) is 5.32 Å². The molecule has 3 aromatic carbocycles. The number of hydrogen-bond donors (Lipinski definition) is 1. The van der Waals surface area contributed by atoms with Crippen LogP contribution in [0.5, 0.6) is 0 Å². The van der Waals surface area contributed by atoms with Crippen molar-refractivity contribution in [2.45, 2.75) is 13.3 Å². The molecule has 0 spiro atoms. The average Bonchev–Trinajstić information content (AvgIpc) is 2.79. The molecule has 0 aliphatic rings. The molecule has 0 radical (unpaired) electrons. The molecule has 32 heavy (non-hydrogen) atoms. The number of nitriles is 1. The molecule has 0 aliphatic carbocycles. The van der Waals surface area contributed by atoms with Crippen LogP contribution in [0.1, 0.15) is 34.0 Å². The summed E-state index contributed by atoms with van der Waals surface area (Å²) in [5.41, 5.74) is 3.07. The van der Waals surface area contributed by atoms with Gasteiger partial charge in [-0.05, 0) is 72.5 Å². The van der Waals surface area contributed by atoms with Gasteiger partial charge in [-0.1, -0.05) is 36.4 Å². The van der Waals surface area contributed by atoms with Crippen LogP contribution in [0.15, 0.2) is 78.4 Å². The van der Waals surface area contributed by atoms with Crippen molar-refractivity contribution in [2.24, 2.45) is 0 Å². The Kier molecular flexibility index (Phi) is 7.50. The fraction of sp³-hybridized carbons (Fsp3) is 0.115. The monoisotopic (exact) mass is 428 g/mol. The first kappa shape index (κ1) is 22.4. The zero-order chi connectivity index (χ0) is 22.9. The van der Waals surface area contributed by atoms with Crippen LogP contribution in [0.3, 0.4) is 0 Å². The van der Waals surface area contributed by atoms with Gasteiger partial charge in [0.15, 0.2) is 0 Å². The minimum atomic E-state index is -0.572. The molecule has 1 amide bonds. The zero-order valence-corrected chi connectivity index (χ0v) is 17.5. The van der Waals surface area contributed by atoms with Crippen molar-refractivity contribution in [3.63, 3.8) is 0 Å². The van der Waals surface area contributed by atoms with E-state index in [1.165, 1.54) is 30.3 Å². The third-order valence-corrected chi connectivity index (χ3v) is 4.66. The average molecular weight is 428 g/mol. The van der Waals surface area contributed by atoms with Crippen LogP contribution in [0.2, 0.25) is 0 Å². The molecule has 5 nitrogen and oxygen atoms in total. The number of carbonyl (C=O) groups excluding carboxylic acids is 2. The number of ether oxygens (including phenoxy) is 1. The molecule has 0 unspecified atom stereocenters. The molecule has 0 fully saturated rings. The second-order valence-corrected chi connectivity index (χ2v) is 6.93. The van der Waals surface area contributed by atoms with E-state index in [0.29, 0.717) is 23.2 Å². The van der Waals surface area contributed by atoms with Crippen molar-refractivity contribution in [1.82, 2.24) is 0 Å². The van der Waals surface area contributed by atoms with Gasteiger partial charge in [0.2, 0.25) is 0 Å². The molecule has 0 saturated heterocycles. The largest absolute Gasteiger partial charge is 0.462 e. The summed E-state index contributed by atoms with van der Waals surface area (Å²) < 4.78 is 18.5. The number of esters is 1. The number of rotatable bonds is 7. The van der Waals surface area contributed by atoms with Crippen molar-refractivity contribution in [3.05, 3.63) is 106 Å². The van der Waals surface area contributed by atoms with Gasteiger partial charge in [0, 0.05) is 5.69 Å². The number of carbonyl (C=O) groups is 2. The summed E-state index contributed by atoms with van der Waals surface area (Å²) in [6, 6.07) is 21.8. The Labute approximate surface area is 185 Å². The number of anilines is 1. The number of nitrogens with zero attached hydrogens (tertiary/aromatic N) is 1. The van der Waals surface area contributed by atoms with Crippen molar-refractivity contribution >= 4 is 23.6 Å². The molecular formula is C26H21FN2O3. The molecular weight excluding hydrogens is 407 g/mol. The summed E-state index contributed by atoms with van der Waals surface area (Å²) in [6.07, 6.45) is 1.97. The molecule has 0 aromatic heterocycles. The van der Waals surface area contributed by atoms with E-state index < -0.39 is 11.9 Å². The zero-order valence-electron chi connectivity index (χ0n) is 17.5. The minimum Gasteiger partial charge on any atom is -0.462 e. The summed E-state index contributed by atoms with van der Waals surface area (Å²) in [5, 5.41) is 12.2. The first-order valence-electron chi connectivity index (χ1n) is 10.0. The molecule has 0 heterocycles. The van der Waals surface area contributed by atoms with Gasteiger partial charge in [-0.3, -0.25) is 4.79 Å². The summed E-state index contributed by atoms with van der Waals surface area (Å²) in [5.74, 6) is -1.34. The number of benzene rings is 3.